The molecule has 1 saturated heterocycles. The number of rotatable bonds is 9. The highest BCUT2D eigenvalue weighted by Gasteiger charge is 2.19. The van der Waals surface area contributed by atoms with Gasteiger partial charge in [-0.2, -0.15) is 0 Å². The van der Waals surface area contributed by atoms with Gasteiger partial charge in [0.2, 0.25) is 0 Å². The summed E-state index contributed by atoms with van der Waals surface area (Å²) in [6, 6.07) is 9.13. The fourth-order valence-corrected chi connectivity index (χ4v) is 3.44. The van der Waals surface area contributed by atoms with Gasteiger partial charge in [0.1, 0.15) is 0 Å². The quantitative estimate of drug-likeness (QED) is 0.203. The summed E-state index contributed by atoms with van der Waals surface area (Å²) in [6.07, 6.45) is 3.29. The van der Waals surface area contributed by atoms with Crippen LogP contribution in [0.3, 0.4) is 0 Å². The summed E-state index contributed by atoms with van der Waals surface area (Å²) < 4.78 is 6.76. The highest BCUT2D eigenvalue weighted by molar-refractivity contribution is 14.0. The van der Waals surface area contributed by atoms with Crippen LogP contribution < -0.4 is 10.6 Å². The van der Waals surface area contributed by atoms with Crippen molar-refractivity contribution in [1.82, 2.24) is 15.5 Å². The Morgan fingerprint density at radius 2 is 1.93 bits per heavy atom. The Bertz CT molecular complexity index is 560. The molecule has 0 unspecified atom stereocenters. The number of halogens is 2. The summed E-state index contributed by atoms with van der Waals surface area (Å²) in [4.78, 5) is 6.89. The van der Waals surface area contributed by atoms with Crippen LogP contribution in [0.5, 0.6) is 0 Å². The molecule has 0 atom stereocenters. The van der Waals surface area contributed by atoms with Crippen molar-refractivity contribution in [2.24, 2.45) is 10.9 Å². The second kappa shape index (κ2) is 14.6. The summed E-state index contributed by atoms with van der Waals surface area (Å²) >= 11 is 3.50. The van der Waals surface area contributed by atoms with Gasteiger partial charge in [-0.1, -0.05) is 41.9 Å². The predicted octanol–water partition coefficient (Wildman–Crippen LogP) is 4.26. The Morgan fingerprint density at radius 3 is 2.54 bits per heavy atom. The molecule has 160 valence electrons. The third-order valence-corrected chi connectivity index (χ3v) is 5.21. The molecule has 1 aliphatic rings. The van der Waals surface area contributed by atoms with E-state index in [0.717, 1.165) is 69.1 Å². The minimum absolute atomic E-state index is 0. The molecule has 0 saturated carbocycles. The van der Waals surface area contributed by atoms with Gasteiger partial charge in [-0.15, -0.1) is 24.0 Å². The molecule has 7 heteroatoms. The van der Waals surface area contributed by atoms with Crippen LogP contribution in [0.2, 0.25) is 0 Å². The molecule has 0 radical (unpaired) electrons. The molecule has 1 aromatic carbocycles. The maximum atomic E-state index is 5.62. The third kappa shape index (κ3) is 10.4. The number of hydrogen-bond donors (Lipinski definition) is 2. The van der Waals surface area contributed by atoms with Crippen LogP contribution in [0, 0.1) is 5.92 Å². The van der Waals surface area contributed by atoms with Crippen molar-refractivity contribution in [2.75, 3.05) is 39.9 Å². The summed E-state index contributed by atoms with van der Waals surface area (Å²) in [7, 11) is 1.84. The number of piperidine rings is 1. The molecule has 5 nitrogen and oxygen atoms in total. The zero-order chi connectivity index (χ0) is 19.5. The SMILES string of the molecule is CN=C(NCCCOCC(C)C)NC1CCN(Cc2ccc(Br)cc2)CC1.I. The average Bonchev–Trinajstić information content (AvgIpc) is 2.66. The van der Waals surface area contributed by atoms with Crippen molar-refractivity contribution in [2.45, 2.75) is 45.7 Å². The zero-order valence-electron chi connectivity index (χ0n) is 17.4. The lowest BCUT2D eigenvalue weighted by Gasteiger charge is -2.33. The molecule has 0 bridgehead atoms. The minimum atomic E-state index is 0. The fourth-order valence-electron chi connectivity index (χ4n) is 3.17. The summed E-state index contributed by atoms with van der Waals surface area (Å²) in [5, 5.41) is 6.97. The molecule has 0 spiro atoms. The van der Waals surface area contributed by atoms with Crippen molar-refractivity contribution in [3.8, 4) is 0 Å². The second-order valence-corrected chi connectivity index (χ2v) is 8.56. The number of guanidine groups is 1. The van der Waals surface area contributed by atoms with E-state index >= 15 is 0 Å². The maximum absolute atomic E-state index is 5.62. The van der Waals surface area contributed by atoms with Gasteiger partial charge in [-0.3, -0.25) is 9.89 Å². The van der Waals surface area contributed by atoms with Crippen LogP contribution in [-0.4, -0.2) is 56.8 Å². The Morgan fingerprint density at radius 1 is 1.25 bits per heavy atom. The van der Waals surface area contributed by atoms with E-state index in [1.54, 1.807) is 0 Å². The third-order valence-electron chi connectivity index (χ3n) is 4.68. The minimum Gasteiger partial charge on any atom is -0.381 e. The van der Waals surface area contributed by atoms with Gasteiger partial charge in [-0.25, -0.2) is 0 Å². The molecule has 0 aromatic heterocycles. The van der Waals surface area contributed by atoms with Crippen molar-refractivity contribution < 1.29 is 4.74 Å². The van der Waals surface area contributed by atoms with Crippen LogP contribution in [0.1, 0.15) is 38.7 Å². The molecule has 28 heavy (non-hydrogen) atoms. The maximum Gasteiger partial charge on any atom is 0.191 e. The normalized spacial score (nSPS) is 16.1. The van der Waals surface area contributed by atoms with Gasteiger partial charge in [0, 0.05) is 57.0 Å². The van der Waals surface area contributed by atoms with E-state index < -0.39 is 0 Å². The number of likely N-dealkylation sites (tertiary alicyclic amines) is 1. The van der Waals surface area contributed by atoms with E-state index in [2.05, 4.69) is 74.6 Å². The summed E-state index contributed by atoms with van der Waals surface area (Å²) in [6.45, 7) is 10.1. The number of nitrogens with one attached hydrogen (secondary N) is 2. The Labute approximate surface area is 196 Å². The van der Waals surface area contributed by atoms with Gasteiger partial charge in [-0.05, 0) is 42.9 Å². The molecule has 0 amide bonds. The van der Waals surface area contributed by atoms with Crippen molar-refractivity contribution >= 4 is 45.9 Å². The van der Waals surface area contributed by atoms with Gasteiger partial charge >= 0.3 is 0 Å². The van der Waals surface area contributed by atoms with Crippen molar-refractivity contribution in [3.05, 3.63) is 34.3 Å². The lowest BCUT2D eigenvalue weighted by Crippen LogP contribution is -2.48. The summed E-state index contributed by atoms with van der Waals surface area (Å²) in [5.41, 5.74) is 1.38. The molecular formula is C21H36BrIN4O. The van der Waals surface area contributed by atoms with Crippen molar-refractivity contribution in [3.63, 3.8) is 0 Å². The Kier molecular flexibility index (Phi) is 13.4. The number of ether oxygens (including phenoxy) is 1. The number of hydrogen-bond acceptors (Lipinski definition) is 3. The average molecular weight is 567 g/mol. The molecule has 1 aliphatic heterocycles. The Balaban J connectivity index is 0.00000392. The molecule has 1 fully saturated rings. The lowest BCUT2D eigenvalue weighted by molar-refractivity contribution is 0.108. The van der Waals surface area contributed by atoms with Gasteiger partial charge in [0.05, 0.1) is 0 Å². The molecule has 0 aliphatic carbocycles. The van der Waals surface area contributed by atoms with E-state index in [0.29, 0.717) is 12.0 Å². The van der Waals surface area contributed by atoms with Crippen LogP contribution >= 0.6 is 39.9 Å². The van der Waals surface area contributed by atoms with Gasteiger partial charge in [0.25, 0.3) is 0 Å². The standard InChI is InChI=1S/C21H35BrN4O.HI/c1-17(2)16-27-14-4-11-24-21(23-3)25-20-9-12-26(13-10-20)15-18-5-7-19(22)8-6-18;/h5-8,17,20H,4,9-16H2,1-3H3,(H2,23,24,25);1H. The molecule has 2 rings (SSSR count). The van der Waals surface area contributed by atoms with E-state index in [1.807, 2.05) is 7.05 Å². The van der Waals surface area contributed by atoms with Crippen LogP contribution in [0.25, 0.3) is 0 Å². The topological polar surface area (TPSA) is 48.9 Å². The Hall–Kier alpha value is -0.380. The first-order valence-electron chi connectivity index (χ1n) is 10.1. The van der Waals surface area contributed by atoms with E-state index in [4.69, 9.17) is 4.74 Å². The van der Waals surface area contributed by atoms with Crippen LogP contribution in [0.15, 0.2) is 33.7 Å². The first kappa shape index (κ1) is 25.7. The zero-order valence-corrected chi connectivity index (χ0v) is 21.3. The fraction of sp³-hybridized carbons (Fsp3) is 0.667. The first-order chi connectivity index (χ1) is 13.1. The van der Waals surface area contributed by atoms with Crippen LogP contribution in [-0.2, 0) is 11.3 Å². The van der Waals surface area contributed by atoms with E-state index in [9.17, 15) is 0 Å². The number of aliphatic imine (C=N–C) groups is 1. The predicted molar refractivity (Wildman–Crippen MR) is 133 cm³/mol. The number of nitrogens with zero attached hydrogens (tertiary/aromatic N) is 2. The monoisotopic (exact) mass is 566 g/mol. The van der Waals surface area contributed by atoms with Crippen LogP contribution in [0.4, 0.5) is 0 Å². The molecule has 2 N–H and O–H groups in total. The van der Waals surface area contributed by atoms with E-state index in [-0.39, 0.29) is 24.0 Å². The highest BCUT2D eigenvalue weighted by Crippen LogP contribution is 2.16. The van der Waals surface area contributed by atoms with E-state index in [1.165, 1.54) is 5.56 Å². The second-order valence-electron chi connectivity index (χ2n) is 7.64. The lowest BCUT2D eigenvalue weighted by atomic mass is 10.0. The van der Waals surface area contributed by atoms with Gasteiger partial charge in [0.15, 0.2) is 5.96 Å². The first-order valence-corrected chi connectivity index (χ1v) is 10.9. The number of benzene rings is 1. The molecule has 1 aromatic rings. The van der Waals surface area contributed by atoms with Crippen molar-refractivity contribution in [1.29, 1.82) is 0 Å². The van der Waals surface area contributed by atoms with Gasteiger partial charge < -0.3 is 15.4 Å². The summed E-state index contributed by atoms with van der Waals surface area (Å²) in [5.74, 6) is 1.51. The largest absolute Gasteiger partial charge is 0.381 e. The molecule has 1 heterocycles. The smallest absolute Gasteiger partial charge is 0.191 e. The highest BCUT2D eigenvalue weighted by atomic mass is 127. The molecular weight excluding hydrogens is 531 g/mol.